The lowest BCUT2D eigenvalue weighted by Gasteiger charge is -2.10. The zero-order valence-corrected chi connectivity index (χ0v) is 9.90. The van der Waals surface area contributed by atoms with Crippen LogP contribution in [-0.4, -0.2) is 17.2 Å². The van der Waals surface area contributed by atoms with E-state index in [0.717, 1.165) is 12.1 Å². The number of rotatable bonds is 2. The minimum Gasteiger partial charge on any atom is -0.496 e. The van der Waals surface area contributed by atoms with Crippen molar-refractivity contribution in [3.05, 3.63) is 46.0 Å². The summed E-state index contributed by atoms with van der Waals surface area (Å²) in [5, 5.41) is 18.6. The topological polar surface area (TPSA) is 86.1 Å². The molecule has 0 saturated carbocycles. The molecule has 2 aromatic rings. The molecule has 0 radical (unpaired) electrons. The standard InChI is InChI=1S/C13H9FN2O3/c1-19-11-3-2-7(14)4-9(11)8-5-12(17)16-13(18)10(8)6-15/h2-5H,1H3,(H2,16,17,18). The van der Waals surface area contributed by atoms with Gasteiger partial charge in [0.15, 0.2) is 0 Å². The zero-order chi connectivity index (χ0) is 14.0. The van der Waals surface area contributed by atoms with Crippen LogP contribution in [0.1, 0.15) is 5.56 Å². The number of aromatic amines is 1. The first-order valence-electron chi connectivity index (χ1n) is 5.27. The van der Waals surface area contributed by atoms with Crippen LogP contribution in [0.25, 0.3) is 11.1 Å². The number of benzene rings is 1. The summed E-state index contributed by atoms with van der Waals surface area (Å²) in [6.07, 6.45) is 0. The van der Waals surface area contributed by atoms with Crippen molar-refractivity contribution in [2.24, 2.45) is 0 Å². The van der Waals surface area contributed by atoms with Gasteiger partial charge in [-0.05, 0) is 18.2 Å². The molecule has 1 aromatic heterocycles. The van der Waals surface area contributed by atoms with Crippen molar-refractivity contribution in [1.29, 1.82) is 5.26 Å². The zero-order valence-electron chi connectivity index (χ0n) is 9.90. The normalized spacial score (nSPS) is 9.95. The minimum atomic E-state index is -0.599. The van der Waals surface area contributed by atoms with Gasteiger partial charge in [0, 0.05) is 17.2 Å². The van der Waals surface area contributed by atoms with E-state index in [-0.39, 0.29) is 16.7 Å². The second kappa shape index (κ2) is 4.82. The van der Waals surface area contributed by atoms with Crippen LogP contribution in [0.15, 0.2) is 29.1 Å². The van der Waals surface area contributed by atoms with E-state index in [1.165, 1.54) is 19.2 Å². The number of hydrogen-bond donors (Lipinski definition) is 2. The lowest BCUT2D eigenvalue weighted by molar-refractivity contribution is 0.415. The van der Waals surface area contributed by atoms with E-state index in [4.69, 9.17) is 10.00 Å². The summed E-state index contributed by atoms with van der Waals surface area (Å²) >= 11 is 0. The number of ether oxygens (including phenoxy) is 1. The molecule has 0 aliphatic carbocycles. The van der Waals surface area contributed by atoms with Crippen molar-refractivity contribution < 1.29 is 14.2 Å². The van der Waals surface area contributed by atoms with Crippen LogP contribution in [0.3, 0.4) is 0 Å². The highest BCUT2D eigenvalue weighted by Gasteiger charge is 2.16. The van der Waals surface area contributed by atoms with Crippen molar-refractivity contribution in [1.82, 2.24) is 4.98 Å². The molecule has 19 heavy (non-hydrogen) atoms. The third-order valence-electron chi connectivity index (χ3n) is 2.59. The quantitative estimate of drug-likeness (QED) is 0.861. The molecule has 0 fully saturated rings. The highest BCUT2D eigenvalue weighted by Crippen LogP contribution is 2.34. The molecule has 2 rings (SSSR count). The molecular weight excluding hydrogens is 251 g/mol. The number of aromatic nitrogens is 1. The Bertz CT molecular complexity index is 732. The van der Waals surface area contributed by atoms with Gasteiger partial charge in [0.2, 0.25) is 5.88 Å². The van der Waals surface area contributed by atoms with Crippen LogP contribution in [0, 0.1) is 17.1 Å². The maximum atomic E-state index is 13.3. The monoisotopic (exact) mass is 260 g/mol. The molecule has 5 nitrogen and oxygen atoms in total. The summed E-state index contributed by atoms with van der Waals surface area (Å²) in [6, 6.07) is 6.58. The van der Waals surface area contributed by atoms with Gasteiger partial charge in [-0.15, -0.1) is 0 Å². The number of H-pyrrole nitrogens is 1. The largest absolute Gasteiger partial charge is 0.496 e. The van der Waals surface area contributed by atoms with Crippen LogP contribution in [0.2, 0.25) is 0 Å². The summed E-state index contributed by atoms with van der Waals surface area (Å²) in [7, 11) is 1.38. The van der Waals surface area contributed by atoms with Crippen LogP contribution in [0.4, 0.5) is 4.39 Å². The van der Waals surface area contributed by atoms with E-state index in [1.54, 1.807) is 6.07 Å². The molecule has 0 spiro atoms. The van der Waals surface area contributed by atoms with E-state index in [0.29, 0.717) is 5.75 Å². The van der Waals surface area contributed by atoms with Crippen molar-refractivity contribution in [2.75, 3.05) is 7.11 Å². The van der Waals surface area contributed by atoms with E-state index in [1.807, 2.05) is 0 Å². The van der Waals surface area contributed by atoms with Gasteiger partial charge in [-0.3, -0.25) is 9.78 Å². The van der Waals surface area contributed by atoms with Crippen LogP contribution >= 0.6 is 0 Å². The summed E-state index contributed by atoms with van der Waals surface area (Å²) in [6.45, 7) is 0. The lowest BCUT2D eigenvalue weighted by atomic mass is 10.0. The molecule has 2 N–H and O–H groups in total. The molecule has 6 heteroatoms. The van der Waals surface area contributed by atoms with E-state index >= 15 is 0 Å². The number of nitrogens with one attached hydrogen (secondary N) is 1. The molecule has 0 aliphatic rings. The van der Waals surface area contributed by atoms with Crippen molar-refractivity contribution in [3.8, 4) is 28.8 Å². The predicted molar refractivity (Wildman–Crippen MR) is 65.4 cm³/mol. The SMILES string of the molecule is COc1ccc(F)cc1-c1cc(=O)[nH]c(O)c1C#N. The number of nitrogens with zero attached hydrogens (tertiary/aromatic N) is 1. The maximum absolute atomic E-state index is 13.3. The lowest BCUT2D eigenvalue weighted by Crippen LogP contribution is -2.06. The Morgan fingerprint density at radius 1 is 1.37 bits per heavy atom. The molecule has 1 aromatic carbocycles. The van der Waals surface area contributed by atoms with Crippen LogP contribution in [-0.2, 0) is 0 Å². The third kappa shape index (κ3) is 2.26. The molecular formula is C13H9FN2O3. The first-order chi connectivity index (χ1) is 9.06. The average molecular weight is 260 g/mol. The number of methoxy groups -OCH3 is 1. The van der Waals surface area contributed by atoms with Gasteiger partial charge in [0.25, 0.3) is 5.56 Å². The Labute approximate surface area is 107 Å². The Balaban J connectivity index is 2.82. The van der Waals surface area contributed by atoms with Crippen molar-refractivity contribution in [2.45, 2.75) is 0 Å². The molecule has 0 amide bonds. The third-order valence-corrected chi connectivity index (χ3v) is 2.59. The molecule has 96 valence electrons. The highest BCUT2D eigenvalue weighted by molar-refractivity contribution is 5.77. The molecule has 0 bridgehead atoms. The van der Waals surface area contributed by atoms with Gasteiger partial charge in [-0.2, -0.15) is 5.26 Å². The summed E-state index contributed by atoms with van der Waals surface area (Å²) in [4.78, 5) is 13.5. The fourth-order valence-electron chi connectivity index (χ4n) is 1.76. The average Bonchev–Trinajstić information content (AvgIpc) is 2.37. The van der Waals surface area contributed by atoms with Gasteiger partial charge < -0.3 is 9.84 Å². The molecule has 0 aliphatic heterocycles. The van der Waals surface area contributed by atoms with E-state index < -0.39 is 17.3 Å². The summed E-state index contributed by atoms with van der Waals surface area (Å²) in [5.74, 6) is -0.807. The number of pyridine rings is 1. The van der Waals surface area contributed by atoms with Gasteiger partial charge >= 0.3 is 0 Å². The summed E-state index contributed by atoms with van der Waals surface area (Å²) < 4.78 is 18.4. The molecule has 0 saturated heterocycles. The van der Waals surface area contributed by atoms with Gasteiger partial charge in [0.05, 0.1) is 7.11 Å². The van der Waals surface area contributed by atoms with E-state index in [9.17, 15) is 14.3 Å². The molecule has 0 atom stereocenters. The van der Waals surface area contributed by atoms with Gasteiger partial charge in [-0.25, -0.2) is 4.39 Å². The Morgan fingerprint density at radius 3 is 2.74 bits per heavy atom. The number of nitriles is 1. The van der Waals surface area contributed by atoms with Crippen LogP contribution in [0.5, 0.6) is 11.6 Å². The maximum Gasteiger partial charge on any atom is 0.251 e. The fraction of sp³-hybridized carbons (Fsp3) is 0.0769. The second-order valence-corrected chi connectivity index (χ2v) is 3.73. The number of aromatic hydroxyl groups is 1. The van der Waals surface area contributed by atoms with Crippen LogP contribution < -0.4 is 10.3 Å². The van der Waals surface area contributed by atoms with Crippen molar-refractivity contribution in [3.63, 3.8) is 0 Å². The molecule has 0 unspecified atom stereocenters. The predicted octanol–water partition coefficient (Wildman–Crippen LogP) is 1.77. The smallest absolute Gasteiger partial charge is 0.251 e. The van der Waals surface area contributed by atoms with Gasteiger partial charge in [0.1, 0.15) is 23.2 Å². The van der Waals surface area contributed by atoms with Gasteiger partial charge in [-0.1, -0.05) is 0 Å². The molecule has 1 heterocycles. The number of halogens is 1. The Hall–Kier alpha value is -2.81. The van der Waals surface area contributed by atoms with E-state index in [2.05, 4.69) is 4.98 Å². The fourth-order valence-corrected chi connectivity index (χ4v) is 1.76. The first kappa shape index (κ1) is 12.6. The second-order valence-electron chi connectivity index (χ2n) is 3.73. The minimum absolute atomic E-state index is 0.111. The van der Waals surface area contributed by atoms with Crippen molar-refractivity contribution >= 4 is 0 Å². The Morgan fingerprint density at radius 2 is 2.11 bits per heavy atom. The summed E-state index contributed by atoms with van der Waals surface area (Å²) in [5.41, 5.74) is -0.415. The Kier molecular flexibility index (Phi) is 3.21. The first-order valence-corrected chi connectivity index (χ1v) is 5.27. The highest BCUT2D eigenvalue weighted by atomic mass is 19.1. The number of hydrogen-bond acceptors (Lipinski definition) is 4.